The van der Waals surface area contributed by atoms with Crippen LogP contribution in [0.3, 0.4) is 0 Å². The minimum absolute atomic E-state index is 0.00936. The summed E-state index contributed by atoms with van der Waals surface area (Å²) in [6.45, 7) is 1.32. The van der Waals surface area contributed by atoms with Crippen molar-refractivity contribution >= 4 is 11.8 Å². The van der Waals surface area contributed by atoms with Crippen LogP contribution in [0.1, 0.15) is 70.6 Å². The molecule has 0 spiro atoms. The molecule has 0 radical (unpaired) electrons. The Labute approximate surface area is 133 Å². The van der Waals surface area contributed by atoms with Crippen molar-refractivity contribution < 1.29 is 14.7 Å². The van der Waals surface area contributed by atoms with Crippen LogP contribution in [0.15, 0.2) is 0 Å². The lowest BCUT2D eigenvalue weighted by Gasteiger charge is -2.21. The zero-order valence-corrected chi connectivity index (χ0v) is 13.6. The lowest BCUT2D eigenvalue weighted by atomic mass is 10.1. The zero-order chi connectivity index (χ0) is 15.8. The van der Waals surface area contributed by atoms with Gasteiger partial charge in [-0.2, -0.15) is 0 Å². The molecule has 5 heteroatoms. The van der Waals surface area contributed by atoms with E-state index < -0.39 is 0 Å². The Kier molecular flexibility index (Phi) is 7.16. The normalized spacial score (nSPS) is 24.4. The van der Waals surface area contributed by atoms with Gasteiger partial charge in [0, 0.05) is 32.0 Å². The van der Waals surface area contributed by atoms with Crippen molar-refractivity contribution in [3.8, 4) is 0 Å². The summed E-state index contributed by atoms with van der Waals surface area (Å²) in [5.41, 5.74) is 0. The highest BCUT2D eigenvalue weighted by molar-refractivity contribution is 5.83. The first kappa shape index (κ1) is 17.3. The van der Waals surface area contributed by atoms with Crippen molar-refractivity contribution in [1.82, 2.24) is 10.2 Å². The number of rotatable bonds is 4. The van der Waals surface area contributed by atoms with Crippen molar-refractivity contribution in [3.05, 3.63) is 0 Å². The highest BCUT2D eigenvalue weighted by atomic mass is 16.3. The van der Waals surface area contributed by atoms with E-state index in [0.29, 0.717) is 25.6 Å². The smallest absolute Gasteiger partial charge is 0.223 e. The molecule has 1 atom stereocenters. The van der Waals surface area contributed by atoms with Crippen LogP contribution in [0.5, 0.6) is 0 Å². The topological polar surface area (TPSA) is 69.6 Å². The molecule has 1 aliphatic carbocycles. The fourth-order valence-electron chi connectivity index (χ4n) is 3.43. The molecule has 22 heavy (non-hydrogen) atoms. The van der Waals surface area contributed by atoms with E-state index in [-0.39, 0.29) is 30.8 Å². The van der Waals surface area contributed by atoms with Gasteiger partial charge in [0.1, 0.15) is 0 Å². The minimum Gasteiger partial charge on any atom is -0.393 e. The number of amides is 2. The molecule has 1 saturated carbocycles. The number of aliphatic hydroxyl groups excluding tert-OH is 1. The molecule has 0 bridgehead atoms. The van der Waals surface area contributed by atoms with Gasteiger partial charge in [-0.3, -0.25) is 9.59 Å². The third kappa shape index (κ3) is 5.95. The SMILES string of the molecule is O=C(CCC(=O)N1CCC[C@@H](O)CC1)NC1CCCCCC1. The van der Waals surface area contributed by atoms with Gasteiger partial charge in [0.05, 0.1) is 6.10 Å². The molecule has 2 rings (SSSR count). The van der Waals surface area contributed by atoms with Gasteiger partial charge in [0.15, 0.2) is 0 Å². The van der Waals surface area contributed by atoms with Crippen molar-refractivity contribution in [2.75, 3.05) is 13.1 Å². The number of carbonyl (C=O) groups is 2. The third-order valence-corrected chi connectivity index (χ3v) is 4.84. The van der Waals surface area contributed by atoms with Gasteiger partial charge in [0.2, 0.25) is 11.8 Å². The van der Waals surface area contributed by atoms with Crippen LogP contribution in [0.4, 0.5) is 0 Å². The average Bonchev–Trinajstić information content (AvgIpc) is 2.87. The van der Waals surface area contributed by atoms with E-state index >= 15 is 0 Å². The summed E-state index contributed by atoms with van der Waals surface area (Å²) in [5.74, 6) is 0.0558. The molecule has 0 aromatic rings. The first-order valence-electron chi connectivity index (χ1n) is 8.90. The molecule has 2 amide bonds. The second-order valence-corrected chi connectivity index (χ2v) is 6.72. The van der Waals surface area contributed by atoms with Crippen molar-refractivity contribution in [2.24, 2.45) is 0 Å². The van der Waals surface area contributed by atoms with E-state index in [1.54, 1.807) is 4.90 Å². The lowest BCUT2D eigenvalue weighted by molar-refractivity contribution is -0.133. The van der Waals surface area contributed by atoms with E-state index in [4.69, 9.17) is 0 Å². The Balaban J connectivity index is 1.67. The standard InChI is InChI=1S/C17H30N2O3/c20-15-8-5-12-19(13-11-15)17(22)10-9-16(21)18-14-6-3-1-2-4-7-14/h14-15,20H,1-13H2,(H,18,21)/t15-/m1/s1. The predicted molar refractivity (Wildman–Crippen MR) is 85.3 cm³/mol. The quantitative estimate of drug-likeness (QED) is 0.780. The maximum Gasteiger partial charge on any atom is 0.223 e. The number of hydrogen-bond acceptors (Lipinski definition) is 3. The highest BCUT2D eigenvalue weighted by Gasteiger charge is 2.20. The molecule has 2 N–H and O–H groups in total. The molecule has 1 aliphatic heterocycles. The fraction of sp³-hybridized carbons (Fsp3) is 0.882. The van der Waals surface area contributed by atoms with Crippen LogP contribution in [-0.4, -0.2) is 47.1 Å². The predicted octanol–water partition coefficient (Wildman–Crippen LogP) is 1.98. The molecule has 2 aliphatic rings. The first-order chi connectivity index (χ1) is 10.6. The Morgan fingerprint density at radius 3 is 2.36 bits per heavy atom. The van der Waals surface area contributed by atoms with Crippen LogP contribution in [0, 0.1) is 0 Å². The summed E-state index contributed by atoms with van der Waals surface area (Å²) in [6, 6.07) is 0.304. The summed E-state index contributed by atoms with van der Waals surface area (Å²) in [5, 5.41) is 12.7. The van der Waals surface area contributed by atoms with Gasteiger partial charge >= 0.3 is 0 Å². The van der Waals surface area contributed by atoms with E-state index in [0.717, 1.165) is 25.7 Å². The second-order valence-electron chi connectivity index (χ2n) is 6.72. The first-order valence-corrected chi connectivity index (χ1v) is 8.90. The monoisotopic (exact) mass is 310 g/mol. The van der Waals surface area contributed by atoms with Crippen LogP contribution in [-0.2, 0) is 9.59 Å². The Morgan fingerprint density at radius 2 is 1.64 bits per heavy atom. The maximum atomic E-state index is 12.2. The van der Waals surface area contributed by atoms with Gasteiger partial charge in [-0.05, 0) is 32.1 Å². The van der Waals surface area contributed by atoms with E-state index in [1.165, 1.54) is 25.7 Å². The molecular formula is C17H30N2O3. The lowest BCUT2D eigenvalue weighted by Crippen LogP contribution is -2.36. The molecule has 126 valence electrons. The molecule has 5 nitrogen and oxygen atoms in total. The second kappa shape index (κ2) is 9.13. The van der Waals surface area contributed by atoms with Gasteiger partial charge in [0.25, 0.3) is 0 Å². The van der Waals surface area contributed by atoms with Crippen molar-refractivity contribution in [3.63, 3.8) is 0 Å². The molecule has 2 fully saturated rings. The number of nitrogens with zero attached hydrogens (tertiary/aromatic N) is 1. The number of nitrogens with one attached hydrogen (secondary N) is 1. The number of carbonyl (C=O) groups excluding carboxylic acids is 2. The summed E-state index contributed by atoms with van der Waals surface area (Å²) in [6.07, 6.45) is 9.64. The number of likely N-dealkylation sites (tertiary alicyclic amines) is 1. The van der Waals surface area contributed by atoms with Gasteiger partial charge in [-0.1, -0.05) is 25.7 Å². The van der Waals surface area contributed by atoms with Crippen LogP contribution in [0.25, 0.3) is 0 Å². The summed E-state index contributed by atoms with van der Waals surface area (Å²) >= 11 is 0. The van der Waals surface area contributed by atoms with Crippen LogP contribution < -0.4 is 5.32 Å². The zero-order valence-electron chi connectivity index (χ0n) is 13.6. The van der Waals surface area contributed by atoms with E-state index in [9.17, 15) is 14.7 Å². The summed E-state index contributed by atoms with van der Waals surface area (Å²) in [7, 11) is 0. The van der Waals surface area contributed by atoms with Crippen LogP contribution >= 0.6 is 0 Å². The van der Waals surface area contributed by atoms with Gasteiger partial charge in [-0.15, -0.1) is 0 Å². The Hall–Kier alpha value is -1.10. The highest BCUT2D eigenvalue weighted by Crippen LogP contribution is 2.17. The van der Waals surface area contributed by atoms with E-state index in [2.05, 4.69) is 5.32 Å². The summed E-state index contributed by atoms with van der Waals surface area (Å²) < 4.78 is 0. The number of hydrogen-bond donors (Lipinski definition) is 2. The fourth-order valence-corrected chi connectivity index (χ4v) is 3.43. The maximum absolute atomic E-state index is 12.2. The molecule has 0 unspecified atom stereocenters. The molecule has 1 saturated heterocycles. The molecule has 0 aromatic carbocycles. The van der Waals surface area contributed by atoms with E-state index in [1.807, 2.05) is 0 Å². The molecular weight excluding hydrogens is 280 g/mol. The van der Waals surface area contributed by atoms with Gasteiger partial charge < -0.3 is 15.3 Å². The van der Waals surface area contributed by atoms with Crippen molar-refractivity contribution in [1.29, 1.82) is 0 Å². The van der Waals surface area contributed by atoms with Crippen LogP contribution in [0.2, 0.25) is 0 Å². The molecule has 0 aromatic heterocycles. The minimum atomic E-state index is -0.281. The Bertz CT molecular complexity index is 365. The van der Waals surface area contributed by atoms with Crippen molar-refractivity contribution in [2.45, 2.75) is 82.8 Å². The average molecular weight is 310 g/mol. The Morgan fingerprint density at radius 1 is 0.909 bits per heavy atom. The van der Waals surface area contributed by atoms with Gasteiger partial charge in [-0.25, -0.2) is 0 Å². The third-order valence-electron chi connectivity index (χ3n) is 4.84. The largest absolute Gasteiger partial charge is 0.393 e. The molecule has 1 heterocycles. The number of aliphatic hydroxyl groups is 1. The summed E-state index contributed by atoms with van der Waals surface area (Å²) in [4.78, 5) is 26.0.